The first-order valence-corrected chi connectivity index (χ1v) is 6.70. The van der Waals surface area contributed by atoms with Crippen LogP contribution in [-0.4, -0.2) is 39.9 Å². The lowest BCUT2D eigenvalue weighted by Crippen LogP contribution is -2.32. The maximum absolute atomic E-state index is 13.3. The SMILES string of the molecule is CNCCN(C)S(=O)(=O)c1ccc(C)c(F)c1. The molecule has 0 aliphatic carbocycles. The maximum atomic E-state index is 13.3. The van der Waals surface area contributed by atoms with E-state index in [0.29, 0.717) is 18.7 Å². The van der Waals surface area contributed by atoms with E-state index >= 15 is 0 Å². The fourth-order valence-electron chi connectivity index (χ4n) is 1.30. The second kappa shape index (κ2) is 5.57. The third-order valence-corrected chi connectivity index (χ3v) is 4.38. The first-order valence-electron chi connectivity index (χ1n) is 5.26. The smallest absolute Gasteiger partial charge is 0.242 e. The highest BCUT2D eigenvalue weighted by Gasteiger charge is 2.20. The van der Waals surface area contributed by atoms with Gasteiger partial charge in [0, 0.05) is 20.1 Å². The molecule has 0 unspecified atom stereocenters. The van der Waals surface area contributed by atoms with E-state index < -0.39 is 15.8 Å². The molecule has 1 aromatic rings. The van der Waals surface area contributed by atoms with Crippen LogP contribution in [0.3, 0.4) is 0 Å². The Balaban J connectivity index is 3.00. The van der Waals surface area contributed by atoms with Gasteiger partial charge < -0.3 is 5.32 Å². The van der Waals surface area contributed by atoms with Crippen molar-refractivity contribution in [2.75, 3.05) is 27.2 Å². The van der Waals surface area contributed by atoms with E-state index in [0.717, 1.165) is 6.07 Å². The number of halogens is 1. The number of sulfonamides is 1. The van der Waals surface area contributed by atoms with Crippen LogP contribution >= 0.6 is 0 Å². The summed E-state index contributed by atoms with van der Waals surface area (Å²) in [6.07, 6.45) is 0. The molecular formula is C11H17FN2O2S. The summed E-state index contributed by atoms with van der Waals surface area (Å²) in [6.45, 7) is 2.48. The lowest BCUT2D eigenvalue weighted by Gasteiger charge is -2.17. The normalized spacial score (nSPS) is 12.1. The van der Waals surface area contributed by atoms with Crippen molar-refractivity contribution < 1.29 is 12.8 Å². The first-order chi connectivity index (χ1) is 7.89. The number of benzene rings is 1. The van der Waals surface area contributed by atoms with Crippen molar-refractivity contribution in [2.45, 2.75) is 11.8 Å². The second-order valence-electron chi connectivity index (χ2n) is 3.84. The van der Waals surface area contributed by atoms with Crippen molar-refractivity contribution in [2.24, 2.45) is 0 Å². The molecule has 1 N–H and O–H groups in total. The molecule has 0 radical (unpaired) electrons. The Morgan fingerprint density at radius 2 is 2.06 bits per heavy atom. The lowest BCUT2D eigenvalue weighted by atomic mass is 10.2. The summed E-state index contributed by atoms with van der Waals surface area (Å²) < 4.78 is 38.6. The van der Waals surface area contributed by atoms with Crippen LogP contribution in [0.25, 0.3) is 0 Å². The van der Waals surface area contributed by atoms with E-state index in [1.54, 1.807) is 14.0 Å². The van der Waals surface area contributed by atoms with E-state index in [-0.39, 0.29) is 4.90 Å². The lowest BCUT2D eigenvalue weighted by molar-refractivity contribution is 0.465. The van der Waals surface area contributed by atoms with Gasteiger partial charge in [-0.25, -0.2) is 12.8 Å². The molecule has 0 spiro atoms. The van der Waals surface area contributed by atoms with Gasteiger partial charge in [0.2, 0.25) is 10.0 Å². The zero-order chi connectivity index (χ0) is 13.1. The number of rotatable bonds is 5. The number of nitrogens with zero attached hydrogens (tertiary/aromatic N) is 1. The van der Waals surface area contributed by atoms with E-state index in [2.05, 4.69) is 5.32 Å². The maximum Gasteiger partial charge on any atom is 0.242 e. The van der Waals surface area contributed by atoms with Crippen LogP contribution in [0.5, 0.6) is 0 Å². The highest BCUT2D eigenvalue weighted by atomic mass is 32.2. The van der Waals surface area contributed by atoms with Crippen molar-refractivity contribution in [3.8, 4) is 0 Å². The Bertz CT molecular complexity index is 488. The Hall–Kier alpha value is -0.980. The summed E-state index contributed by atoms with van der Waals surface area (Å²) in [5.74, 6) is -0.506. The Kier molecular flexibility index (Phi) is 4.62. The zero-order valence-corrected chi connectivity index (χ0v) is 11.0. The summed E-state index contributed by atoms with van der Waals surface area (Å²) in [4.78, 5) is -0.0146. The standard InChI is InChI=1S/C11H17FN2O2S/c1-9-4-5-10(8-11(9)12)17(15,16)14(3)7-6-13-2/h4-5,8,13H,6-7H2,1-3H3. The monoisotopic (exact) mass is 260 g/mol. The van der Waals surface area contributed by atoms with Gasteiger partial charge in [0.05, 0.1) is 4.90 Å². The van der Waals surface area contributed by atoms with E-state index in [9.17, 15) is 12.8 Å². The molecule has 0 bridgehead atoms. The summed E-state index contributed by atoms with van der Waals surface area (Å²) in [7, 11) is -0.378. The Morgan fingerprint density at radius 3 is 2.59 bits per heavy atom. The average molecular weight is 260 g/mol. The van der Waals surface area contributed by atoms with Crippen LogP contribution in [-0.2, 0) is 10.0 Å². The molecule has 0 aliphatic heterocycles. The molecule has 4 nitrogen and oxygen atoms in total. The highest BCUT2D eigenvalue weighted by Crippen LogP contribution is 2.17. The molecule has 96 valence electrons. The Morgan fingerprint density at radius 1 is 1.41 bits per heavy atom. The molecule has 0 aliphatic rings. The van der Waals surface area contributed by atoms with Crippen LogP contribution in [0.2, 0.25) is 0 Å². The topological polar surface area (TPSA) is 49.4 Å². The number of likely N-dealkylation sites (N-methyl/N-ethyl adjacent to an activating group) is 2. The van der Waals surface area contributed by atoms with Crippen LogP contribution in [0, 0.1) is 12.7 Å². The highest BCUT2D eigenvalue weighted by molar-refractivity contribution is 7.89. The summed E-state index contributed by atoms with van der Waals surface area (Å²) in [5, 5.41) is 2.86. The van der Waals surface area contributed by atoms with Crippen LogP contribution in [0.1, 0.15) is 5.56 Å². The third-order valence-electron chi connectivity index (χ3n) is 2.53. The summed E-state index contributed by atoms with van der Waals surface area (Å²) >= 11 is 0. The third kappa shape index (κ3) is 3.24. The molecule has 6 heteroatoms. The first kappa shape index (κ1) is 14.1. The minimum absolute atomic E-state index is 0.0146. The van der Waals surface area contributed by atoms with Gasteiger partial charge in [0.25, 0.3) is 0 Å². The zero-order valence-electron chi connectivity index (χ0n) is 10.2. The van der Waals surface area contributed by atoms with Crippen molar-refractivity contribution in [3.63, 3.8) is 0 Å². The quantitative estimate of drug-likeness (QED) is 0.858. The van der Waals surface area contributed by atoms with Crippen molar-refractivity contribution in [1.29, 1.82) is 0 Å². The predicted octanol–water partition coefficient (Wildman–Crippen LogP) is 0.974. The van der Waals surface area contributed by atoms with Gasteiger partial charge in [-0.2, -0.15) is 4.31 Å². The minimum atomic E-state index is -3.60. The van der Waals surface area contributed by atoms with E-state index in [1.807, 2.05) is 0 Å². The largest absolute Gasteiger partial charge is 0.318 e. The van der Waals surface area contributed by atoms with Gasteiger partial charge >= 0.3 is 0 Å². The fourth-order valence-corrected chi connectivity index (χ4v) is 2.49. The molecule has 0 heterocycles. The number of nitrogens with one attached hydrogen (secondary N) is 1. The van der Waals surface area contributed by atoms with Gasteiger partial charge in [-0.05, 0) is 31.7 Å². The van der Waals surface area contributed by atoms with Crippen LogP contribution in [0.15, 0.2) is 23.1 Å². The Labute approximate surface area is 101 Å². The van der Waals surface area contributed by atoms with E-state index in [4.69, 9.17) is 0 Å². The van der Waals surface area contributed by atoms with Crippen LogP contribution in [0.4, 0.5) is 4.39 Å². The van der Waals surface area contributed by atoms with Gasteiger partial charge in [-0.3, -0.25) is 0 Å². The van der Waals surface area contributed by atoms with Gasteiger partial charge in [0.1, 0.15) is 5.82 Å². The average Bonchev–Trinajstić information content (AvgIpc) is 2.29. The number of hydrogen-bond donors (Lipinski definition) is 1. The molecule has 17 heavy (non-hydrogen) atoms. The second-order valence-corrected chi connectivity index (χ2v) is 5.89. The van der Waals surface area contributed by atoms with Gasteiger partial charge in [0.15, 0.2) is 0 Å². The molecule has 0 amide bonds. The molecule has 1 aromatic carbocycles. The molecule has 0 fully saturated rings. The van der Waals surface area contributed by atoms with Gasteiger partial charge in [-0.15, -0.1) is 0 Å². The van der Waals surface area contributed by atoms with Crippen LogP contribution < -0.4 is 5.32 Å². The van der Waals surface area contributed by atoms with Crippen molar-refractivity contribution in [1.82, 2.24) is 9.62 Å². The minimum Gasteiger partial charge on any atom is -0.318 e. The van der Waals surface area contributed by atoms with Crippen molar-refractivity contribution >= 4 is 10.0 Å². The molecule has 0 aromatic heterocycles. The molecule has 0 atom stereocenters. The fraction of sp³-hybridized carbons (Fsp3) is 0.455. The van der Waals surface area contributed by atoms with Crippen molar-refractivity contribution in [3.05, 3.63) is 29.6 Å². The number of aryl methyl sites for hydroxylation is 1. The van der Waals surface area contributed by atoms with E-state index in [1.165, 1.54) is 23.5 Å². The number of hydrogen-bond acceptors (Lipinski definition) is 3. The molecule has 0 saturated heterocycles. The molecular weight excluding hydrogens is 243 g/mol. The van der Waals surface area contributed by atoms with Gasteiger partial charge in [-0.1, -0.05) is 6.07 Å². The predicted molar refractivity (Wildman–Crippen MR) is 64.9 cm³/mol. The summed E-state index contributed by atoms with van der Waals surface area (Å²) in [6, 6.07) is 3.94. The molecule has 1 rings (SSSR count). The molecule has 0 saturated carbocycles. The summed E-state index contributed by atoms with van der Waals surface area (Å²) in [5.41, 5.74) is 0.432.